The van der Waals surface area contributed by atoms with Gasteiger partial charge < -0.3 is 0 Å². The average Bonchev–Trinajstić information content (AvgIpc) is 2.91. The highest BCUT2D eigenvalue weighted by atomic mass is 79.9. The van der Waals surface area contributed by atoms with Gasteiger partial charge in [0.2, 0.25) is 11.0 Å². The second-order valence-corrected chi connectivity index (χ2v) is 6.66. The molecule has 1 amide bonds. The Morgan fingerprint density at radius 3 is 2.74 bits per heavy atom. The number of amides is 1. The third-order valence-electron chi connectivity index (χ3n) is 3.01. The van der Waals surface area contributed by atoms with E-state index in [1.165, 1.54) is 41.6 Å². The minimum atomic E-state index is -0.317. The predicted molar refractivity (Wildman–Crippen MR) is 94.5 cm³/mol. The molecule has 0 atom stereocenters. The Kier molecular flexibility index (Phi) is 4.49. The van der Waals surface area contributed by atoms with E-state index in [1.807, 2.05) is 18.2 Å². The number of anilines is 1. The molecule has 1 heterocycles. The molecular formula is C16H11BrFN3OS. The van der Waals surface area contributed by atoms with Gasteiger partial charge >= 0.3 is 0 Å². The summed E-state index contributed by atoms with van der Waals surface area (Å²) in [4.78, 5) is 16.3. The van der Waals surface area contributed by atoms with E-state index in [9.17, 15) is 9.18 Å². The van der Waals surface area contributed by atoms with E-state index >= 15 is 0 Å². The third-order valence-corrected chi connectivity index (χ3v) is 4.50. The van der Waals surface area contributed by atoms with Gasteiger partial charge in [-0.15, -0.1) is 0 Å². The Morgan fingerprint density at radius 2 is 2.04 bits per heavy atom. The van der Waals surface area contributed by atoms with Crippen molar-refractivity contribution < 1.29 is 9.18 Å². The zero-order chi connectivity index (χ0) is 16.4. The maximum absolute atomic E-state index is 12.9. The van der Waals surface area contributed by atoms with Gasteiger partial charge in [-0.3, -0.25) is 4.79 Å². The standard InChI is InChI=1S/C16H11BrFN3OS/c1-10(22)21(19-9-11-2-5-13(18)6-3-11)16-20-14-7-4-12(17)8-15(14)23-16/h2-9H,1H3. The summed E-state index contributed by atoms with van der Waals surface area (Å²) in [6.45, 7) is 1.42. The molecule has 0 radical (unpaired) electrons. The molecule has 3 aromatic rings. The van der Waals surface area contributed by atoms with Crippen molar-refractivity contribution in [3.8, 4) is 0 Å². The van der Waals surface area contributed by atoms with Crippen LogP contribution in [0.4, 0.5) is 9.52 Å². The smallest absolute Gasteiger partial charge is 0.246 e. The molecule has 0 bridgehead atoms. The van der Waals surface area contributed by atoms with Gasteiger partial charge in [-0.05, 0) is 35.9 Å². The van der Waals surface area contributed by atoms with Crippen LogP contribution in [0.2, 0.25) is 0 Å². The van der Waals surface area contributed by atoms with Gasteiger partial charge in [0.05, 0.1) is 16.4 Å². The number of rotatable bonds is 3. The normalized spacial score (nSPS) is 11.3. The number of hydrazone groups is 1. The Bertz CT molecular complexity index is 892. The van der Waals surface area contributed by atoms with Gasteiger partial charge in [0, 0.05) is 11.4 Å². The molecule has 0 aliphatic carbocycles. The first-order valence-electron chi connectivity index (χ1n) is 6.69. The maximum Gasteiger partial charge on any atom is 0.246 e. The number of carbonyl (C=O) groups excluding carboxylic acids is 1. The summed E-state index contributed by atoms with van der Waals surface area (Å²) in [5.41, 5.74) is 1.50. The first-order chi connectivity index (χ1) is 11.0. The fraction of sp³-hybridized carbons (Fsp3) is 0.0625. The fourth-order valence-corrected chi connectivity index (χ4v) is 3.44. The molecule has 0 aliphatic heterocycles. The molecule has 1 aromatic heterocycles. The number of aromatic nitrogens is 1. The van der Waals surface area contributed by atoms with Crippen molar-refractivity contribution in [2.24, 2.45) is 5.10 Å². The lowest BCUT2D eigenvalue weighted by Gasteiger charge is -2.10. The predicted octanol–water partition coefficient (Wildman–Crippen LogP) is 4.58. The number of halogens is 2. The highest BCUT2D eigenvalue weighted by Crippen LogP contribution is 2.31. The van der Waals surface area contributed by atoms with E-state index in [0.717, 1.165) is 14.7 Å². The topological polar surface area (TPSA) is 45.6 Å². The van der Waals surface area contributed by atoms with Crippen molar-refractivity contribution in [3.63, 3.8) is 0 Å². The van der Waals surface area contributed by atoms with Gasteiger partial charge in [-0.25, -0.2) is 9.37 Å². The van der Waals surface area contributed by atoms with Crippen LogP contribution in [0.15, 0.2) is 52.0 Å². The molecule has 0 aliphatic rings. The van der Waals surface area contributed by atoms with Gasteiger partial charge in [0.25, 0.3) is 0 Å². The van der Waals surface area contributed by atoms with E-state index < -0.39 is 0 Å². The molecule has 3 rings (SSSR count). The van der Waals surface area contributed by atoms with Crippen molar-refractivity contribution in [1.82, 2.24) is 4.98 Å². The van der Waals surface area contributed by atoms with E-state index in [2.05, 4.69) is 26.0 Å². The summed E-state index contributed by atoms with van der Waals surface area (Å²) in [5, 5.41) is 5.91. The number of benzene rings is 2. The van der Waals surface area contributed by atoms with Gasteiger partial charge in [-0.2, -0.15) is 10.1 Å². The van der Waals surface area contributed by atoms with Crippen LogP contribution >= 0.6 is 27.3 Å². The zero-order valence-electron chi connectivity index (χ0n) is 12.0. The van der Waals surface area contributed by atoms with Crippen LogP contribution in [0, 0.1) is 5.82 Å². The summed E-state index contributed by atoms with van der Waals surface area (Å²) >= 11 is 4.79. The molecular weight excluding hydrogens is 381 g/mol. The number of hydrogen-bond acceptors (Lipinski definition) is 4. The first kappa shape index (κ1) is 15.8. The molecule has 7 heteroatoms. The second kappa shape index (κ2) is 6.55. The van der Waals surface area contributed by atoms with Crippen LogP contribution in [-0.2, 0) is 4.79 Å². The Morgan fingerprint density at radius 1 is 1.30 bits per heavy atom. The molecule has 0 saturated carbocycles. The lowest BCUT2D eigenvalue weighted by Crippen LogP contribution is -2.22. The van der Waals surface area contributed by atoms with Crippen molar-refractivity contribution in [2.75, 3.05) is 5.01 Å². The van der Waals surface area contributed by atoms with Gasteiger partial charge in [0.15, 0.2) is 0 Å². The average molecular weight is 392 g/mol. The van der Waals surface area contributed by atoms with Crippen LogP contribution < -0.4 is 5.01 Å². The second-order valence-electron chi connectivity index (χ2n) is 4.74. The van der Waals surface area contributed by atoms with Crippen molar-refractivity contribution in [1.29, 1.82) is 0 Å². The summed E-state index contributed by atoms with van der Waals surface area (Å²) in [6, 6.07) is 11.6. The number of fused-ring (bicyclic) bond motifs is 1. The summed E-state index contributed by atoms with van der Waals surface area (Å²) in [7, 11) is 0. The van der Waals surface area contributed by atoms with Gasteiger partial charge in [-0.1, -0.05) is 39.4 Å². The maximum atomic E-state index is 12.9. The molecule has 0 spiro atoms. The van der Waals surface area contributed by atoms with Crippen LogP contribution in [0.3, 0.4) is 0 Å². The van der Waals surface area contributed by atoms with E-state index in [1.54, 1.807) is 12.1 Å². The highest BCUT2D eigenvalue weighted by Gasteiger charge is 2.15. The monoisotopic (exact) mass is 391 g/mol. The Labute approximate surface area is 144 Å². The number of hydrogen-bond donors (Lipinski definition) is 0. The minimum absolute atomic E-state index is 0.249. The molecule has 23 heavy (non-hydrogen) atoms. The highest BCUT2D eigenvalue weighted by molar-refractivity contribution is 9.10. The molecule has 0 N–H and O–H groups in total. The largest absolute Gasteiger partial charge is 0.273 e. The van der Waals surface area contributed by atoms with Crippen LogP contribution in [0.1, 0.15) is 12.5 Å². The zero-order valence-corrected chi connectivity index (χ0v) is 14.4. The van der Waals surface area contributed by atoms with E-state index in [-0.39, 0.29) is 11.7 Å². The molecule has 4 nitrogen and oxygen atoms in total. The van der Waals surface area contributed by atoms with Crippen LogP contribution in [-0.4, -0.2) is 17.1 Å². The molecule has 0 fully saturated rings. The number of thiazole rings is 1. The molecule has 0 saturated heterocycles. The minimum Gasteiger partial charge on any atom is -0.273 e. The number of carbonyl (C=O) groups is 1. The Hall–Kier alpha value is -2.12. The SMILES string of the molecule is CC(=O)N(N=Cc1ccc(F)cc1)c1nc2ccc(Br)cc2s1. The van der Waals surface area contributed by atoms with E-state index in [4.69, 9.17) is 0 Å². The van der Waals surface area contributed by atoms with Crippen LogP contribution in [0.25, 0.3) is 10.2 Å². The lowest BCUT2D eigenvalue weighted by molar-refractivity contribution is -0.116. The quantitative estimate of drug-likeness (QED) is 0.484. The molecule has 0 unspecified atom stereocenters. The summed E-state index contributed by atoms with van der Waals surface area (Å²) < 4.78 is 14.8. The van der Waals surface area contributed by atoms with Crippen molar-refractivity contribution >= 4 is 54.7 Å². The van der Waals surface area contributed by atoms with Crippen molar-refractivity contribution in [2.45, 2.75) is 6.92 Å². The molecule has 2 aromatic carbocycles. The Balaban J connectivity index is 1.93. The summed E-state index contributed by atoms with van der Waals surface area (Å²) in [6.07, 6.45) is 1.50. The number of nitrogens with zero attached hydrogens (tertiary/aromatic N) is 3. The molecule has 116 valence electrons. The lowest BCUT2D eigenvalue weighted by atomic mass is 10.2. The van der Waals surface area contributed by atoms with Gasteiger partial charge in [0.1, 0.15) is 5.82 Å². The third kappa shape index (κ3) is 3.62. The van der Waals surface area contributed by atoms with E-state index in [0.29, 0.717) is 10.7 Å². The summed E-state index contributed by atoms with van der Waals surface area (Å²) in [5.74, 6) is -0.566. The first-order valence-corrected chi connectivity index (χ1v) is 8.30. The van der Waals surface area contributed by atoms with Crippen molar-refractivity contribution in [3.05, 3.63) is 58.3 Å². The fourth-order valence-electron chi connectivity index (χ4n) is 1.92. The van der Waals surface area contributed by atoms with Crippen LogP contribution in [0.5, 0.6) is 0 Å².